The molecular formula is C14H11BrN2O. The fraction of sp³-hybridized carbons (Fsp3) is 0.0714. The Kier molecular flexibility index (Phi) is 2.80. The van der Waals surface area contributed by atoms with E-state index in [2.05, 4.69) is 25.3 Å². The molecule has 4 heteroatoms. The highest BCUT2D eigenvalue weighted by Crippen LogP contribution is 2.24. The van der Waals surface area contributed by atoms with Crippen molar-refractivity contribution < 1.29 is 4.74 Å². The molecule has 18 heavy (non-hydrogen) atoms. The molecule has 0 saturated heterocycles. The quantitative estimate of drug-likeness (QED) is 0.720. The van der Waals surface area contributed by atoms with E-state index in [9.17, 15) is 0 Å². The van der Waals surface area contributed by atoms with Crippen LogP contribution in [0.2, 0.25) is 0 Å². The molecule has 3 rings (SSSR count). The predicted octanol–water partition coefficient (Wildman–Crippen LogP) is 3.77. The van der Waals surface area contributed by atoms with Crippen LogP contribution in [0.3, 0.4) is 0 Å². The molecule has 0 fully saturated rings. The summed E-state index contributed by atoms with van der Waals surface area (Å²) in [6.45, 7) is 0. The Hall–Kier alpha value is -1.81. The van der Waals surface area contributed by atoms with Crippen LogP contribution in [-0.4, -0.2) is 16.5 Å². The Labute approximate surface area is 113 Å². The van der Waals surface area contributed by atoms with Gasteiger partial charge in [-0.25, -0.2) is 4.98 Å². The lowest BCUT2D eigenvalue weighted by atomic mass is 10.1. The first kappa shape index (κ1) is 11.3. The molecule has 0 saturated carbocycles. The molecule has 0 unspecified atom stereocenters. The van der Waals surface area contributed by atoms with E-state index in [1.165, 1.54) is 0 Å². The lowest BCUT2D eigenvalue weighted by Crippen LogP contribution is -1.88. The number of pyridine rings is 1. The van der Waals surface area contributed by atoms with Gasteiger partial charge in [0.2, 0.25) is 0 Å². The van der Waals surface area contributed by atoms with E-state index in [4.69, 9.17) is 4.74 Å². The molecule has 3 aromatic rings. The summed E-state index contributed by atoms with van der Waals surface area (Å²) in [7, 11) is 1.67. The van der Waals surface area contributed by atoms with Crippen LogP contribution in [0.4, 0.5) is 0 Å². The van der Waals surface area contributed by atoms with Gasteiger partial charge in [0.05, 0.1) is 19.0 Å². The summed E-state index contributed by atoms with van der Waals surface area (Å²) in [5, 5.41) is 0. The van der Waals surface area contributed by atoms with Crippen molar-refractivity contribution in [2.75, 3.05) is 7.11 Å². The third kappa shape index (κ3) is 1.88. The van der Waals surface area contributed by atoms with E-state index >= 15 is 0 Å². The summed E-state index contributed by atoms with van der Waals surface area (Å²) in [5.41, 5.74) is 3.11. The van der Waals surface area contributed by atoms with Gasteiger partial charge in [0.1, 0.15) is 11.4 Å². The number of ether oxygens (including phenoxy) is 1. The van der Waals surface area contributed by atoms with Crippen LogP contribution in [0.1, 0.15) is 0 Å². The van der Waals surface area contributed by atoms with Crippen molar-refractivity contribution >= 4 is 21.6 Å². The highest BCUT2D eigenvalue weighted by molar-refractivity contribution is 9.10. The van der Waals surface area contributed by atoms with Gasteiger partial charge in [-0.05, 0) is 52.3 Å². The van der Waals surface area contributed by atoms with Crippen LogP contribution in [-0.2, 0) is 0 Å². The van der Waals surface area contributed by atoms with E-state index in [0.29, 0.717) is 0 Å². The van der Waals surface area contributed by atoms with Crippen molar-refractivity contribution in [3.63, 3.8) is 0 Å². The zero-order valence-electron chi connectivity index (χ0n) is 9.80. The number of hydrogen-bond donors (Lipinski definition) is 0. The summed E-state index contributed by atoms with van der Waals surface area (Å²) >= 11 is 3.48. The van der Waals surface area contributed by atoms with E-state index in [0.717, 1.165) is 27.1 Å². The van der Waals surface area contributed by atoms with Gasteiger partial charge in [-0.1, -0.05) is 0 Å². The van der Waals surface area contributed by atoms with Crippen molar-refractivity contribution in [1.29, 1.82) is 0 Å². The van der Waals surface area contributed by atoms with Gasteiger partial charge in [0, 0.05) is 16.2 Å². The van der Waals surface area contributed by atoms with Gasteiger partial charge < -0.3 is 4.74 Å². The maximum Gasteiger partial charge on any atom is 0.137 e. The minimum atomic E-state index is 0.855. The highest BCUT2D eigenvalue weighted by atomic mass is 79.9. The number of benzene rings is 1. The SMILES string of the molecule is COc1ccc(-c2cnc3ccc(Br)cn23)cc1. The van der Waals surface area contributed by atoms with Gasteiger partial charge in [0.15, 0.2) is 0 Å². The standard InChI is InChI=1S/C14H11BrN2O/c1-18-12-5-2-10(3-6-12)13-8-16-14-7-4-11(15)9-17(13)14/h2-9H,1H3. The Morgan fingerprint density at radius 3 is 2.61 bits per heavy atom. The molecule has 2 heterocycles. The van der Waals surface area contributed by atoms with Crippen molar-refractivity contribution in [3.8, 4) is 17.0 Å². The van der Waals surface area contributed by atoms with Crippen LogP contribution in [0.15, 0.2) is 53.3 Å². The number of nitrogens with zero attached hydrogens (tertiary/aromatic N) is 2. The predicted molar refractivity (Wildman–Crippen MR) is 74.9 cm³/mol. The molecule has 3 nitrogen and oxygen atoms in total. The average Bonchev–Trinajstić information content (AvgIpc) is 2.82. The number of imidazole rings is 1. The summed E-state index contributed by atoms with van der Waals surface area (Å²) < 4.78 is 8.25. The van der Waals surface area contributed by atoms with Crippen molar-refractivity contribution in [2.45, 2.75) is 0 Å². The first-order valence-corrected chi connectivity index (χ1v) is 6.34. The Morgan fingerprint density at radius 2 is 1.89 bits per heavy atom. The van der Waals surface area contributed by atoms with Crippen LogP contribution in [0.25, 0.3) is 16.9 Å². The third-order valence-corrected chi connectivity index (χ3v) is 3.32. The summed E-state index contributed by atoms with van der Waals surface area (Å²) in [5.74, 6) is 0.855. The number of halogens is 1. The molecule has 0 atom stereocenters. The monoisotopic (exact) mass is 302 g/mol. The molecule has 90 valence electrons. The summed E-state index contributed by atoms with van der Waals surface area (Å²) in [4.78, 5) is 4.39. The second-order valence-corrected chi connectivity index (χ2v) is 4.86. The number of fused-ring (bicyclic) bond motifs is 1. The van der Waals surface area contributed by atoms with E-state index < -0.39 is 0 Å². The smallest absolute Gasteiger partial charge is 0.137 e. The third-order valence-electron chi connectivity index (χ3n) is 2.86. The summed E-state index contributed by atoms with van der Waals surface area (Å²) in [6, 6.07) is 11.9. The van der Waals surface area contributed by atoms with Gasteiger partial charge in [-0.3, -0.25) is 4.40 Å². The first-order valence-electron chi connectivity index (χ1n) is 5.55. The van der Waals surface area contributed by atoms with Crippen LogP contribution < -0.4 is 4.74 Å². The number of methoxy groups -OCH3 is 1. The zero-order chi connectivity index (χ0) is 12.5. The molecule has 0 N–H and O–H groups in total. The molecule has 0 aliphatic heterocycles. The number of rotatable bonds is 2. The van der Waals surface area contributed by atoms with E-state index in [1.54, 1.807) is 7.11 Å². The zero-order valence-corrected chi connectivity index (χ0v) is 11.4. The number of aromatic nitrogens is 2. The largest absolute Gasteiger partial charge is 0.497 e. The van der Waals surface area contributed by atoms with Crippen LogP contribution in [0.5, 0.6) is 5.75 Å². The topological polar surface area (TPSA) is 26.5 Å². The first-order chi connectivity index (χ1) is 8.78. The molecule has 0 amide bonds. The molecular weight excluding hydrogens is 292 g/mol. The average molecular weight is 303 g/mol. The summed E-state index contributed by atoms with van der Waals surface area (Å²) in [6.07, 6.45) is 3.89. The van der Waals surface area contributed by atoms with E-state index in [1.807, 2.05) is 48.8 Å². The maximum atomic E-state index is 5.16. The van der Waals surface area contributed by atoms with Crippen molar-refractivity contribution in [2.24, 2.45) is 0 Å². The van der Waals surface area contributed by atoms with Gasteiger partial charge in [-0.15, -0.1) is 0 Å². The molecule has 0 spiro atoms. The van der Waals surface area contributed by atoms with Crippen molar-refractivity contribution in [1.82, 2.24) is 9.38 Å². The van der Waals surface area contributed by atoms with Gasteiger partial charge >= 0.3 is 0 Å². The molecule has 0 radical (unpaired) electrons. The molecule has 2 aromatic heterocycles. The van der Waals surface area contributed by atoms with Gasteiger partial charge in [0.25, 0.3) is 0 Å². The molecule has 0 aliphatic rings. The van der Waals surface area contributed by atoms with Crippen molar-refractivity contribution in [3.05, 3.63) is 53.3 Å². The lowest BCUT2D eigenvalue weighted by molar-refractivity contribution is 0.415. The van der Waals surface area contributed by atoms with Crippen LogP contribution in [0, 0.1) is 0 Å². The van der Waals surface area contributed by atoms with Crippen LogP contribution >= 0.6 is 15.9 Å². The fourth-order valence-corrected chi connectivity index (χ4v) is 2.27. The highest BCUT2D eigenvalue weighted by Gasteiger charge is 2.06. The second kappa shape index (κ2) is 4.46. The molecule has 1 aromatic carbocycles. The Morgan fingerprint density at radius 1 is 1.11 bits per heavy atom. The normalized spacial score (nSPS) is 10.8. The second-order valence-electron chi connectivity index (χ2n) is 3.95. The minimum absolute atomic E-state index is 0.855. The van der Waals surface area contributed by atoms with Gasteiger partial charge in [-0.2, -0.15) is 0 Å². The lowest BCUT2D eigenvalue weighted by Gasteiger charge is -2.04. The Bertz CT molecular complexity index is 689. The molecule has 0 aliphatic carbocycles. The number of hydrogen-bond acceptors (Lipinski definition) is 2. The minimum Gasteiger partial charge on any atom is -0.497 e. The molecule has 0 bridgehead atoms. The Balaban J connectivity index is 2.15. The maximum absolute atomic E-state index is 5.16. The van der Waals surface area contributed by atoms with E-state index in [-0.39, 0.29) is 0 Å². The fourth-order valence-electron chi connectivity index (χ4n) is 1.93.